The second kappa shape index (κ2) is 9.54. The maximum absolute atomic E-state index is 12.2. The van der Waals surface area contributed by atoms with Crippen molar-refractivity contribution in [2.75, 3.05) is 0 Å². The highest BCUT2D eigenvalue weighted by atomic mass is 16.5. The molecule has 7 heteroatoms. The number of benzene rings is 2. The fraction of sp³-hybridized carbons (Fsp3) is 0.227. The molecule has 0 fully saturated rings. The molecule has 150 valence electrons. The second-order valence-corrected chi connectivity index (χ2v) is 6.60. The molecule has 2 N–H and O–H groups in total. The summed E-state index contributed by atoms with van der Waals surface area (Å²) in [4.78, 5) is 24.2. The van der Waals surface area contributed by atoms with Crippen LogP contribution in [0.2, 0.25) is 0 Å². The molecular weight excluding hydrogens is 370 g/mol. The van der Waals surface area contributed by atoms with E-state index in [0.717, 1.165) is 22.6 Å². The normalized spacial score (nSPS) is 10.4. The lowest BCUT2D eigenvalue weighted by Crippen LogP contribution is -2.41. The molecule has 2 amide bonds. The number of para-hydroxylation sites is 1. The van der Waals surface area contributed by atoms with Gasteiger partial charge in [-0.2, -0.15) is 0 Å². The Morgan fingerprint density at radius 2 is 1.72 bits per heavy atom. The summed E-state index contributed by atoms with van der Waals surface area (Å²) in [6.45, 7) is 4.05. The van der Waals surface area contributed by atoms with Crippen molar-refractivity contribution >= 4 is 11.8 Å². The minimum Gasteiger partial charge on any atom is -0.489 e. The Balaban J connectivity index is 1.43. The van der Waals surface area contributed by atoms with Crippen LogP contribution in [0.4, 0.5) is 0 Å². The van der Waals surface area contributed by atoms with Crippen molar-refractivity contribution in [1.82, 2.24) is 16.0 Å². The lowest BCUT2D eigenvalue weighted by atomic mass is 10.1. The molecule has 3 rings (SSSR count). The molecule has 0 spiro atoms. The predicted octanol–water partition coefficient (Wildman–Crippen LogP) is 3.26. The van der Waals surface area contributed by atoms with E-state index in [1.165, 1.54) is 0 Å². The maximum Gasteiger partial charge on any atom is 0.269 e. The smallest absolute Gasteiger partial charge is 0.269 e. The molecule has 7 nitrogen and oxygen atoms in total. The topological polar surface area (TPSA) is 93.5 Å². The molecule has 29 heavy (non-hydrogen) atoms. The van der Waals surface area contributed by atoms with Crippen molar-refractivity contribution in [2.45, 2.75) is 33.3 Å². The van der Waals surface area contributed by atoms with E-state index >= 15 is 0 Å². The van der Waals surface area contributed by atoms with Gasteiger partial charge in [-0.15, -0.1) is 0 Å². The summed E-state index contributed by atoms with van der Waals surface area (Å²) in [5.74, 6) is 0.821. The molecule has 2 aromatic carbocycles. The lowest BCUT2D eigenvalue weighted by Gasteiger charge is -2.09. The molecule has 0 bridgehead atoms. The Hall–Kier alpha value is -3.61. The molecule has 1 heterocycles. The van der Waals surface area contributed by atoms with E-state index in [1.54, 1.807) is 12.1 Å². The Bertz CT molecular complexity index is 946. The number of hydrazine groups is 1. The Morgan fingerprint density at radius 1 is 1.00 bits per heavy atom. The molecule has 0 aliphatic carbocycles. The van der Waals surface area contributed by atoms with Gasteiger partial charge in [-0.3, -0.25) is 20.4 Å². The van der Waals surface area contributed by atoms with E-state index in [2.05, 4.69) is 16.0 Å². The van der Waals surface area contributed by atoms with Crippen LogP contribution in [0.25, 0.3) is 0 Å². The minimum atomic E-state index is -0.383. The summed E-state index contributed by atoms with van der Waals surface area (Å²) >= 11 is 0. The molecule has 1 aromatic heterocycles. The molecular formula is C22H23N3O4. The summed E-state index contributed by atoms with van der Waals surface area (Å²) in [7, 11) is 0. The first kappa shape index (κ1) is 20.1. The van der Waals surface area contributed by atoms with E-state index in [9.17, 15) is 9.59 Å². The zero-order valence-electron chi connectivity index (χ0n) is 16.4. The fourth-order valence-corrected chi connectivity index (χ4v) is 2.79. The maximum atomic E-state index is 12.2. The Kier molecular flexibility index (Phi) is 6.63. The predicted molar refractivity (Wildman–Crippen MR) is 107 cm³/mol. The van der Waals surface area contributed by atoms with Gasteiger partial charge in [0.25, 0.3) is 5.91 Å². The van der Waals surface area contributed by atoms with Gasteiger partial charge >= 0.3 is 0 Å². The molecule has 3 aromatic rings. The van der Waals surface area contributed by atoms with Gasteiger partial charge in [0.15, 0.2) is 0 Å². The number of rotatable bonds is 7. The molecule has 0 aliphatic heterocycles. The third-order valence-electron chi connectivity index (χ3n) is 4.46. The van der Waals surface area contributed by atoms with Crippen LogP contribution in [0.1, 0.15) is 39.4 Å². The summed E-state index contributed by atoms with van der Waals surface area (Å²) in [6, 6.07) is 16.5. The quantitative estimate of drug-likeness (QED) is 0.601. The Morgan fingerprint density at radius 3 is 2.38 bits per heavy atom. The first-order valence-electron chi connectivity index (χ1n) is 9.30. The van der Waals surface area contributed by atoms with Crippen molar-refractivity contribution in [2.24, 2.45) is 0 Å². The van der Waals surface area contributed by atoms with Crippen molar-refractivity contribution in [3.05, 3.63) is 82.7 Å². The number of hydrogen-bond donors (Lipinski definition) is 2. The van der Waals surface area contributed by atoms with Gasteiger partial charge in [0.05, 0.1) is 5.69 Å². The molecule has 0 saturated carbocycles. The standard InChI is InChI=1S/C22H23N3O4/c1-15-20(16(2)29-25-15)12-13-21(26)23-24-22(27)18-10-8-17(9-11-18)14-28-19-6-4-3-5-7-19/h3-11H,12-14H2,1-2H3,(H,23,26)(H,24,27). The minimum absolute atomic E-state index is 0.221. The number of aromatic nitrogens is 1. The summed E-state index contributed by atoms with van der Waals surface area (Å²) in [5, 5.41) is 3.86. The number of carbonyl (C=O) groups is 2. The van der Waals surface area contributed by atoms with Gasteiger partial charge < -0.3 is 9.26 Å². The van der Waals surface area contributed by atoms with Gasteiger partial charge in [0, 0.05) is 17.5 Å². The lowest BCUT2D eigenvalue weighted by molar-refractivity contribution is -0.121. The monoisotopic (exact) mass is 393 g/mol. The van der Waals surface area contributed by atoms with Crippen molar-refractivity contribution in [1.29, 1.82) is 0 Å². The van der Waals surface area contributed by atoms with Crippen molar-refractivity contribution < 1.29 is 18.8 Å². The van der Waals surface area contributed by atoms with Crippen LogP contribution < -0.4 is 15.6 Å². The highest BCUT2D eigenvalue weighted by Crippen LogP contribution is 2.14. The van der Waals surface area contributed by atoms with Gasteiger partial charge in [0.1, 0.15) is 18.1 Å². The second-order valence-electron chi connectivity index (χ2n) is 6.60. The number of ether oxygens (including phenoxy) is 1. The SMILES string of the molecule is Cc1noc(C)c1CCC(=O)NNC(=O)c1ccc(COc2ccccc2)cc1. The number of nitrogens with one attached hydrogen (secondary N) is 2. The highest BCUT2D eigenvalue weighted by molar-refractivity contribution is 5.95. The summed E-state index contributed by atoms with van der Waals surface area (Å²) < 4.78 is 10.8. The third kappa shape index (κ3) is 5.68. The number of hydrogen-bond acceptors (Lipinski definition) is 5. The number of amides is 2. The van der Waals surface area contributed by atoms with Gasteiger partial charge in [-0.05, 0) is 50.1 Å². The van der Waals surface area contributed by atoms with Crippen LogP contribution in [-0.2, 0) is 17.8 Å². The molecule has 0 radical (unpaired) electrons. The number of nitrogens with zero attached hydrogens (tertiary/aromatic N) is 1. The average Bonchev–Trinajstić information content (AvgIpc) is 3.07. The number of carbonyl (C=O) groups excluding carboxylic acids is 2. The molecule has 0 unspecified atom stereocenters. The number of aryl methyl sites for hydroxylation is 2. The van der Waals surface area contributed by atoms with Crippen LogP contribution in [0.15, 0.2) is 59.1 Å². The first-order valence-corrected chi connectivity index (χ1v) is 9.30. The largest absolute Gasteiger partial charge is 0.489 e. The third-order valence-corrected chi connectivity index (χ3v) is 4.46. The fourth-order valence-electron chi connectivity index (χ4n) is 2.79. The average molecular weight is 393 g/mol. The summed E-state index contributed by atoms with van der Waals surface area (Å²) in [5.41, 5.74) is 7.93. The molecule has 0 saturated heterocycles. The first-order chi connectivity index (χ1) is 14.0. The van der Waals surface area contributed by atoms with E-state index in [4.69, 9.17) is 9.26 Å². The van der Waals surface area contributed by atoms with Crippen molar-refractivity contribution in [3.8, 4) is 5.75 Å². The molecule has 0 atom stereocenters. The van der Waals surface area contributed by atoms with Crippen LogP contribution in [0, 0.1) is 13.8 Å². The van der Waals surface area contributed by atoms with Crippen LogP contribution in [0.5, 0.6) is 5.75 Å². The van der Waals surface area contributed by atoms with Crippen LogP contribution in [0.3, 0.4) is 0 Å². The summed E-state index contributed by atoms with van der Waals surface area (Å²) in [6.07, 6.45) is 0.720. The van der Waals surface area contributed by atoms with Crippen molar-refractivity contribution in [3.63, 3.8) is 0 Å². The van der Waals surface area contributed by atoms with Gasteiger partial charge in [-0.25, -0.2) is 0 Å². The van der Waals surface area contributed by atoms with Crippen LogP contribution >= 0.6 is 0 Å². The molecule has 0 aliphatic rings. The Labute approximate surface area is 169 Å². The van der Waals surface area contributed by atoms with E-state index in [-0.39, 0.29) is 18.2 Å². The zero-order valence-corrected chi connectivity index (χ0v) is 16.4. The van der Waals surface area contributed by atoms with E-state index in [0.29, 0.717) is 24.4 Å². The van der Waals surface area contributed by atoms with Gasteiger partial charge in [-0.1, -0.05) is 35.5 Å². The van der Waals surface area contributed by atoms with E-state index in [1.807, 2.05) is 56.3 Å². The van der Waals surface area contributed by atoms with Crippen LogP contribution in [-0.4, -0.2) is 17.0 Å². The van der Waals surface area contributed by atoms with Gasteiger partial charge in [0.2, 0.25) is 5.91 Å². The van der Waals surface area contributed by atoms with E-state index < -0.39 is 0 Å². The highest BCUT2D eigenvalue weighted by Gasteiger charge is 2.12. The zero-order chi connectivity index (χ0) is 20.6.